The highest BCUT2D eigenvalue weighted by molar-refractivity contribution is 5.26. The largest absolute Gasteiger partial charge is 0.314 e. The summed E-state index contributed by atoms with van der Waals surface area (Å²) in [5.74, 6) is 0.723. The molecular formula is C18H31N. The van der Waals surface area contributed by atoms with Gasteiger partial charge in [-0.05, 0) is 48.8 Å². The molecule has 0 aliphatic carbocycles. The lowest BCUT2D eigenvalue weighted by Crippen LogP contribution is -2.35. The molecule has 1 heteroatoms. The fourth-order valence-electron chi connectivity index (χ4n) is 2.41. The van der Waals surface area contributed by atoms with Crippen LogP contribution in [0.1, 0.15) is 52.2 Å². The minimum atomic E-state index is 0.388. The van der Waals surface area contributed by atoms with E-state index in [2.05, 4.69) is 71.1 Å². The summed E-state index contributed by atoms with van der Waals surface area (Å²) in [4.78, 5) is 0. The number of nitrogens with one attached hydrogen (secondary N) is 1. The highest BCUT2D eigenvalue weighted by Gasteiger charge is 2.23. The lowest BCUT2D eigenvalue weighted by atomic mass is 9.77. The molecule has 1 nitrogen and oxygen atoms in total. The second-order valence-electron chi connectivity index (χ2n) is 6.89. The molecule has 0 saturated heterocycles. The Kier molecular flexibility index (Phi) is 6.06. The first-order valence-electron chi connectivity index (χ1n) is 7.62. The number of hydrogen-bond donors (Lipinski definition) is 1. The van der Waals surface area contributed by atoms with Crippen molar-refractivity contribution in [2.75, 3.05) is 6.54 Å². The smallest absolute Gasteiger partial charge is 0.0110 e. The zero-order chi connectivity index (χ0) is 14.5. The summed E-state index contributed by atoms with van der Waals surface area (Å²) in [6.45, 7) is 14.9. The lowest BCUT2D eigenvalue weighted by Gasteiger charge is -2.31. The Labute approximate surface area is 119 Å². The van der Waals surface area contributed by atoms with E-state index in [1.165, 1.54) is 17.5 Å². The maximum Gasteiger partial charge on any atom is 0.0110 e. The Balaban J connectivity index is 2.71. The van der Waals surface area contributed by atoms with Crippen molar-refractivity contribution in [1.82, 2.24) is 5.32 Å². The highest BCUT2D eigenvalue weighted by Crippen LogP contribution is 2.29. The maximum absolute atomic E-state index is 3.66. The van der Waals surface area contributed by atoms with E-state index in [0.717, 1.165) is 18.9 Å². The topological polar surface area (TPSA) is 12.0 Å². The standard InChI is InChI=1S/C18H31N/c1-7-19-17(12-15(3)18(4,5)6)13-16-11-9-8-10-14(16)2/h8-11,15,17,19H,7,12-13H2,1-6H3. The van der Waals surface area contributed by atoms with Gasteiger partial charge < -0.3 is 5.32 Å². The molecule has 19 heavy (non-hydrogen) atoms. The van der Waals surface area contributed by atoms with Crippen molar-refractivity contribution in [2.45, 2.75) is 60.4 Å². The van der Waals surface area contributed by atoms with E-state index >= 15 is 0 Å². The predicted molar refractivity (Wildman–Crippen MR) is 85.6 cm³/mol. The van der Waals surface area contributed by atoms with Gasteiger partial charge in [0.05, 0.1) is 0 Å². The first-order valence-corrected chi connectivity index (χ1v) is 7.62. The van der Waals surface area contributed by atoms with Crippen LogP contribution in [0.15, 0.2) is 24.3 Å². The third-order valence-corrected chi connectivity index (χ3v) is 4.34. The molecule has 0 bridgehead atoms. The Morgan fingerprint density at radius 2 is 1.79 bits per heavy atom. The molecule has 1 rings (SSSR count). The van der Waals surface area contributed by atoms with Crippen molar-refractivity contribution in [3.63, 3.8) is 0 Å². The number of aryl methyl sites for hydroxylation is 1. The molecule has 2 unspecified atom stereocenters. The minimum Gasteiger partial charge on any atom is -0.314 e. The number of likely N-dealkylation sites (N-methyl/N-ethyl adjacent to an activating group) is 1. The predicted octanol–water partition coefficient (Wildman–Crippen LogP) is 4.59. The molecule has 2 atom stereocenters. The van der Waals surface area contributed by atoms with Gasteiger partial charge >= 0.3 is 0 Å². The van der Waals surface area contributed by atoms with E-state index in [4.69, 9.17) is 0 Å². The van der Waals surface area contributed by atoms with Crippen molar-refractivity contribution >= 4 is 0 Å². The molecule has 1 aromatic rings. The van der Waals surface area contributed by atoms with Gasteiger partial charge in [-0.15, -0.1) is 0 Å². The van der Waals surface area contributed by atoms with Crippen LogP contribution in [0.2, 0.25) is 0 Å². The molecule has 0 heterocycles. The van der Waals surface area contributed by atoms with Gasteiger partial charge in [-0.1, -0.05) is 58.9 Å². The molecule has 108 valence electrons. The molecule has 0 spiro atoms. The second kappa shape index (κ2) is 7.09. The molecule has 0 aliphatic heterocycles. The van der Waals surface area contributed by atoms with E-state index in [0.29, 0.717) is 11.5 Å². The lowest BCUT2D eigenvalue weighted by molar-refractivity contribution is 0.222. The van der Waals surface area contributed by atoms with Crippen LogP contribution in [0.4, 0.5) is 0 Å². The van der Waals surface area contributed by atoms with E-state index in [1.54, 1.807) is 0 Å². The average molecular weight is 261 g/mol. The van der Waals surface area contributed by atoms with Crippen molar-refractivity contribution < 1.29 is 0 Å². The molecular weight excluding hydrogens is 230 g/mol. The molecule has 0 radical (unpaired) electrons. The highest BCUT2D eigenvalue weighted by atomic mass is 14.9. The van der Waals surface area contributed by atoms with Crippen molar-refractivity contribution in [1.29, 1.82) is 0 Å². The first kappa shape index (κ1) is 16.2. The average Bonchev–Trinajstić information content (AvgIpc) is 2.31. The Bertz CT molecular complexity index is 376. The summed E-state index contributed by atoms with van der Waals surface area (Å²) in [5.41, 5.74) is 3.28. The quantitative estimate of drug-likeness (QED) is 0.790. The molecule has 0 aromatic heterocycles. The first-order chi connectivity index (χ1) is 8.84. The summed E-state index contributed by atoms with van der Waals surface area (Å²) >= 11 is 0. The minimum absolute atomic E-state index is 0.388. The summed E-state index contributed by atoms with van der Waals surface area (Å²) < 4.78 is 0. The number of hydrogen-bond acceptors (Lipinski definition) is 1. The molecule has 0 amide bonds. The fourth-order valence-corrected chi connectivity index (χ4v) is 2.41. The summed E-state index contributed by atoms with van der Waals surface area (Å²) in [6, 6.07) is 9.34. The van der Waals surface area contributed by atoms with Crippen molar-refractivity contribution in [3.05, 3.63) is 35.4 Å². The molecule has 0 saturated carbocycles. The van der Waals surface area contributed by atoms with Crippen LogP contribution in [0.5, 0.6) is 0 Å². The van der Waals surface area contributed by atoms with Crippen LogP contribution < -0.4 is 5.32 Å². The van der Waals surface area contributed by atoms with E-state index < -0.39 is 0 Å². The summed E-state index contributed by atoms with van der Waals surface area (Å²) in [6.07, 6.45) is 2.38. The van der Waals surface area contributed by atoms with Crippen LogP contribution in [-0.2, 0) is 6.42 Å². The maximum atomic E-state index is 3.66. The van der Waals surface area contributed by atoms with Gasteiger partial charge in [-0.2, -0.15) is 0 Å². The molecule has 1 N–H and O–H groups in total. The summed E-state index contributed by atoms with van der Waals surface area (Å²) in [7, 11) is 0. The van der Waals surface area contributed by atoms with Gasteiger partial charge in [-0.25, -0.2) is 0 Å². The van der Waals surface area contributed by atoms with Crippen molar-refractivity contribution in [2.24, 2.45) is 11.3 Å². The number of benzene rings is 1. The Morgan fingerprint density at radius 3 is 2.32 bits per heavy atom. The van der Waals surface area contributed by atoms with Crippen LogP contribution >= 0.6 is 0 Å². The molecule has 1 aromatic carbocycles. The van der Waals surface area contributed by atoms with Gasteiger partial charge in [0.1, 0.15) is 0 Å². The fraction of sp³-hybridized carbons (Fsp3) is 0.667. The van der Waals surface area contributed by atoms with Gasteiger partial charge in [-0.3, -0.25) is 0 Å². The molecule has 0 fully saturated rings. The third kappa shape index (κ3) is 5.36. The van der Waals surface area contributed by atoms with Gasteiger partial charge in [0.2, 0.25) is 0 Å². The Hall–Kier alpha value is -0.820. The van der Waals surface area contributed by atoms with Crippen molar-refractivity contribution in [3.8, 4) is 0 Å². The zero-order valence-electron chi connectivity index (χ0n) is 13.6. The third-order valence-electron chi connectivity index (χ3n) is 4.34. The van der Waals surface area contributed by atoms with Gasteiger partial charge in [0.15, 0.2) is 0 Å². The monoisotopic (exact) mass is 261 g/mol. The van der Waals surface area contributed by atoms with E-state index in [1.807, 2.05) is 0 Å². The Morgan fingerprint density at radius 1 is 1.16 bits per heavy atom. The van der Waals surface area contributed by atoms with Crippen LogP contribution in [0.25, 0.3) is 0 Å². The second-order valence-corrected chi connectivity index (χ2v) is 6.89. The van der Waals surface area contributed by atoms with Gasteiger partial charge in [0, 0.05) is 6.04 Å². The molecule has 0 aliphatic rings. The van der Waals surface area contributed by atoms with Crippen LogP contribution in [-0.4, -0.2) is 12.6 Å². The zero-order valence-corrected chi connectivity index (χ0v) is 13.6. The van der Waals surface area contributed by atoms with Crippen LogP contribution in [0.3, 0.4) is 0 Å². The number of rotatable bonds is 6. The normalized spacial score (nSPS) is 15.3. The SMILES string of the molecule is CCNC(Cc1ccccc1C)CC(C)C(C)(C)C. The van der Waals surface area contributed by atoms with Gasteiger partial charge in [0.25, 0.3) is 0 Å². The van der Waals surface area contributed by atoms with E-state index in [-0.39, 0.29) is 0 Å². The van der Waals surface area contributed by atoms with Crippen LogP contribution in [0, 0.1) is 18.3 Å². The van der Waals surface area contributed by atoms with E-state index in [9.17, 15) is 0 Å². The summed E-state index contributed by atoms with van der Waals surface area (Å²) in [5, 5.41) is 3.66.